The number of benzene rings is 1. The Hall–Kier alpha value is -2.62. The summed E-state index contributed by atoms with van der Waals surface area (Å²) in [6.07, 6.45) is 8.32. The number of hydrogen-bond acceptors (Lipinski definition) is 3. The molecule has 128 valence electrons. The van der Waals surface area contributed by atoms with Gasteiger partial charge in [-0.1, -0.05) is 43.7 Å². The largest absolute Gasteiger partial charge is 0.344 e. The van der Waals surface area contributed by atoms with Gasteiger partial charge < -0.3 is 10.2 Å². The minimum Gasteiger partial charge on any atom is -0.344 e. The molecule has 2 aliphatic heterocycles. The fraction of sp³-hybridized carbons (Fsp3) is 0.333. The van der Waals surface area contributed by atoms with Crippen LogP contribution in [0.2, 0.25) is 0 Å². The fourth-order valence-corrected chi connectivity index (χ4v) is 4.16. The number of nitrogens with one attached hydrogen (secondary N) is 1. The van der Waals surface area contributed by atoms with Crippen LogP contribution in [0.1, 0.15) is 37.0 Å². The molecule has 4 heteroatoms. The number of rotatable bonds is 2. The number of aromatic nitrogens is 1. The SMILES string of the molecule is Cc1ccc2c(c1)C(C)(C)[C@]1(/C=C\c3cccnc3)NC(=O)CCN21. The number of pyridine rings is 1. The van der Waals surface area contributed by atoms with Crippen molar-refractivity contribution < 1.29 is 4.79 Å². The second-order valence-electron chi connectivity index (χ2n) is 7.48. The molecule has 0 aliphatic carbocycles. The first-order valence-corrected chi connectivity index (χ1v) is 8.73. The predicted octanol–water partition coefficient (Wildman–Crippen LogP) is 3.42. The van der Waals surface area contributed by atoms with Crippen molar-refractivity contribution in [2.45, 2.75) is 38.3 Å². The predicted molar refractivity (Wildman–Crippen MR) is 100 cm³/mol. The number of carbonyl (C=O) groups excluding carboxylic acids is 1. The summed E-state index contributed by atoms with van der Waals surface area (Å²) in [5.74, 6) is 0.102. The van der Waals surface area contributed by atoms with E-state index in [1.54, 1.807) is 6.20 Å². The zero-order chi connectivity index (χ0) is 17.7. The van der Waals surface area contributed by atoms with Crippen molar-refractivity contribution in [3.63, 3.8) is 0 Å². The van der Waals surface area contributed by atoms with Crippen LogP contribution in [-0.4, -0.2) is 23.1 Å². The van der Waals surface area contributed by atoms with Gasteiger partial charge in [0, 0.05) is 36.5 Å². The first kappa shape index (κ1) is 15.9. The fourth-order valence-electron chi connectivity index (χ4n) is 4.16. The highest BCUT2D eigenvalue weighted by Crippen LogP contribution is 2.52. The van der Waals surface area contributed by atoms with Crippen molar-refractivity contribution in [1.29, 1.82) is 0 Å². The first-order valence-electron chi connectivity index (χ1n) is 8.73. The smallest absolute Gasteiger partial charge is 0.223 e. The van der Waals surface area contributed by atoms with Crippen LogP contribution in [0.25, 0.3) is 6.08 Å². The molecular formula is C21H23N3O. The molecule has 2 aromatic rings. The van der Waals surface area contributed by atoms with Gasteiger partial charge in [-0.15, -0.1) is 0 Å². The van der Waals surface area contributed by atoms with Gasteiger partial charge in [-0.2, -0.15) is 0 Å². The van der Waals surface area contributed by atoms with E-state index in [-0.39, 0.29) is 11.3 Å². The molecule has 1 aromatic heterocycles. The Balaban J connectivity index is 1.87. The quantitative estimate of drug-likeness (QED) is 0.916. The summed E-state index contributed by atoms with van der Waals surface area (Å²) < 4.78 is 0. The van der Waals surface area contributed by atoms with Crippen LogP contribution in [0.4, 0.5) is 5.69 Å². The Bertz CT molecular complexity index is 857. The zero-order valence-electron chi connectivity index (χ0n) is 14.9. The van der Waals surface area contributed by atoms with Crippen LogP contribution in [-0.2, 0) is 10.2 Å². The van der Waals surface area contributed by atoms with Crippen LogP contribution in [0.5, 0.6) is 0 Å². The van der Waals surface area contributed by atoms with E-state index in [1.807, 2.05) is 18.3 Å². The van der Waals surface area contributed by atoms with Crippen LogP contribution in [0.3, 0.4) is 0 Å². The van der Waals surface area contributed by atoms with Gasteiger partial charge in [0.05, 0.1) is 0 Å². The summed E-state index contributed by atoms with van der Waals surface area (Å²) in [5, 5.41) is 3.30. The first-order chi connectivity index (χ1) is 11.9. The Kier molecular flexibility index (Phi) is 3.46. The van der Waals surface area contributed by atoms with Gasteiger partial charge in [-0.25, -0.2) is 0 Å². The monoisotopic (exact) mass is 333 g/mol. The number of fused-ring (bicyclic) bond motifs is 3. The van der Waals surface area contributed by atoms with Crippen molar-refractivity contribution in [1.82, 2.24) is 10.3 Å². The van der Waals surface area contributed by atoms with Crippen molar-refractivity contribution in [3.05, 3.63) is 65.5 Å². The molecule has 0 bridgehead atoms. The Morgan fingerprint density at radius 2 is 2.12 bits per heavy atom. The van der Waals surface area contributed by atoms with Gasteiger partial charge in [0.15, 0.2) is 0 Å². The normalized spacial score (nSPS) is 24.1. The molecule has 1 aromatic carbocycles. The molecule has 1 N–H and O–H groups in total. The third-order valence-electron chi connectivity index (χ3n) is 5.59. The molecule has 25 heavy (non-hydrogen) atoms. The van der Waals surface area contributed by atoms with Gasteiger partial charge in [-0.05, 0) is 36.3 Å². The second kappa shape index (κ2) is 5.45. The van der Waals surface area contributed by atoms with Crippen molar-refractivity contribution >= 4 is 17.7 Å². The lowest BCUT2D eigenvalue weighted by Gasteiger charge is -2.49. The van der Waals surface area contributed by atoms with Crippen LogP contribution < -0.4 is 10.2 Å². The summed E-state index contributed by atoms with van der Waals surface area (Å²) in [6, 6.07) is 10.5. The molecule has 0 spiro atoms. The van der Waals surface area contributed by atoms with Gasteiger partial charge in [-0.3, -0.25) is 9.78 Å². The highest BCUT2D eigenvalue weighted by atomic mass is 16.2. The number of aryl methyl sites for hydroxylation is 1. The standard InChI is InChI=1S/C21H23N3O/c1-15-6-7-18-17(13-15)20(2,3)21(23-19(25)9-12-24(18)21)10-8-16-5-4-11-22-14-16/h4-8,10-11,13-14H,9,12H2,1-3H3,(H,23,25)/b10-8-/t21-/m1/s1. The summed E-state index contributed by atoms with van der Waals surface area (Å²) in [4.78, 5) is 18.9. The van der Waals surface area contributed by atoms with Crippen LogP contribution in [0.15, 0.2) is 48.8 Å². The highest BCUT2D eigenvalue weighted by molar-refractivity contribution is 5.84. The van der Waals surface area contributed by atoms with E-state index in [0.717, 1.165) is 12.1 Å². The van der Waals surface area contributed by atoms with E-state index in [9.17, 15) is 4.79 Å². The summed E-state index contributed by atoms with van der Waals surface area (Å²) >= 11 is 0. The number of anilines is 1. The lowest BCUT2D eigenvalue weighted by molar-refractivity contribution is -0.124. The number of carbonyl (C=O) groups is 1. The van der Waals surface area contributed by atoms with Crippen LogP contribution >= 0.6 is 0 Å². The molecule has 1 atom stereocenters. The van der Waals surface area contributed by atoms with Crippen molar-refractivity contribution in [3.8, 4) is 0 Å². The minimum atomic E-state index is -0.561. The average molecular weight is 333 g/mol. The summed E-state index contributed by atoms with van der Waals surface area (Å²) in [5.41, 5.74) is 3.96. The molecule has 2 aliphatic rings. The Morgan fingerprint density at radius 3 is 2.88 bits per heavy atom. The molecule has 0 unspecified atom stereocenters. The molecule has 4 nitrogen and oxygen atoms in total. The molecular weight excluding hydrogens is 310 g/mol. The maximum Gasteiger partial charge on any atom is 0.223 e. The minimum absolute atomic E-state index is 0.102. The maximum atomic E-state index is 12.3. The van der Waals surface area contributed by atoms with Crippen molar-refractivity contribution in [2.24, 2.45) is 0 Å². The molecule has 1 amide bonds. The van der Waals surface area contributed by atoms with E-state index in [4.69, 9.17) is 0 Å². The lowest BCUT2D eigenvalue weighted by Crippen LogP contribution is -2.68. The van der Waals surface area contributed by atoms with Gasteiger partial charge in [0.25, 0.3) is 0 Å². The van der Waals surface area contributed by atoms with Gasteiger partial charge in [0.1, 0.15) is 5.66 Å². The van der Waals surface area contributed by atoms with E-state index in [0.29, 0.717) is 6.42 Å². The number of hydrogen-bond donors (Lipinski definition) is 1. The topological polar surface area (TPSA) is 45.2 Å². The lowest BCUT2D eigenvalue weighted by atomic mass is 9.74. The van der Waals surface area contributed by atoms with E-state index in [1.165, 1.54) is 16.8 Å². The third kappa shape index (κ3) is 2.28. The molecule has 0 saturated carbocycles. The van der Waals surface area contributed by atoms with Crippen LogP contribution in [0, 0.1) is 6.92 Å². The molecule has 4 rings (SSSR count). The van der Waals surface area contributed by atoms with E-state index < -0.39 is 5.66 Å². The molecule has 1 saturated heterocycles. The number of nitrogens with zero attached hydrogens (tertiary/aromatic N) is 2. The zero-order valence-corrected chi connectivity index (χ0v) is 14.9. The molecule has 3 heterocycles. The Labute approximate surface area is 148 Å². The Morgan fingerprint density at radius 1 is 1.28 bits per heavy atom. The summed E-state index contributed by atoms with van der Waals surface area (Å²) in [6.45, 7) is 7.27. The highest BCUT2D eigenvalue weighted by Gasteiger charge is 2.57. The molecule has 1 fully saturated rings. The van der Waals surface area contributed by atoms with E-state index in [2.05, 4.69) is 66.3 Å². The molecule has 0 radical (unpaired) electrons. The van der Waals surface area contributed by atoms with Gasteiger partial charge in [0.2, 0.25) is 5.91 Å². The third-order valence-corrected chi connectivity index (χ3v) is 5.59. The summed E-state index contributed by atoms with van der Waals surface area (Å²) in [7, 11) is 0. The van der Waals surface area contributed by atoms with Crippen molar-refractivity contribution in [2.75, 3.05) is 11.4 Å². The number of amides is 1. The van der Waals surface area contributed by atoms with Gasteiger partial charge >= 0.3 is 0 Å². The second-order valence-corrected chi connectivity index (χ2v) is 7.48. The van der Waals surface area contributed by atoms with E-state index >= 15 is 0 Å². The average Bonchev–Trinajstić information content (AvgIpc) is 2.78. The maximum absolute atomic E-state index is 12.3.